The van der Waals surface area contributed by atoms with Crippen molar-refractivity contribution in [3.05, 3.63) is 0 Å². The summed E-state index contributed by atoms with van der Waals surface area (Å²) in [5, 5.41) is 11.6. The molecular formula is C8H13NO4S. The number of aliphatic carboxylic acids is 1. The fraction of sp³-hybridized carbons (Fsp3) is 0.750. The first-order valence-electron chi connectivity index (χ1n) is 4.31. The monoisotopic (exact) mass is 219 g/mol. The number of nitrogens with one attached hydrogen (secondary N) is 1. The lowest BCUT2D eigenvalue weighted by molar-refractivity contribution is -0.146. The van der Waals surface area contributed by atoms with Crippen LogP contribution in [0.4, 0.5) is 0 Å². The first-order chi connectivity index (χ1) is 6.49. The van der Waals surface area contributed by atoms with Crippen molar-refractivity contribution in [2.75, 3.05) is 12.4 Å². The Morgan fingerprint density at radius 2 is 2.36 bits per heavy atom. The number of ether oxygens (including phenoxy) is 1. The summed E-state index contributed by atoms with van der Waals surface area (Å²) in [4.78, 5) is 21.0. The molecule has 0 radical (unpaired) electrons. The molecule has 0 aromatic carbocycles. The SMILES string of the molecule is CCOC(=O)C1CSC(C)(C(=O)O)N1. The number of carboxylic acids is 1. The van der Waals surface area contributed by atoms with Gasteiger partial charge in [-0.25, -0.2) is 4.79 Å². The average molecular weight is 219 g/mol. The van der Waals surface area contributed by atoms with E-state index in [0.29, 0.717) is 12.4 Å². The summed E-state index contributed by atoms with van der Waals surface area (Å²) in [7, 11) is 0. The minimum absolute atomic E-state index is 0.311. The fourth-order valence-electron chi connectivity index (χ4n) is 1.16. The highest BCUT2D eigenvalue weighted by molar-refractivity contribution is 8.01. The Balaban J connectivity index is 2.56. The Kier molecular flexibility index (Phi) is 3.38. The van der Waals surface area contributed by atoms with Crippen LogP contribution in [0.25, 0.3) is 0 Å². The van der Waals surface area contributed by atoms with Crippen LogP contribution in [0, 0.1) is 0 Å². The summed E-state index contributed by atoms with van der Waals surface area (Å²) in [6.45, 7) is 3.57. The van der Waals surface area contributed by atoms with Gasteiger partial charge in [0.25, 0.3) is 0 Å². The third kappa shape index (κ3) is 2.19. The van der Waals surface area contributed by atoms with Gasteiger partial charge in [0.05, 0.1) is 6.61 Å². The topological polar surface area (TPSA) is 75.6 Å². The third-order valence-electron chi connectivity index (χ3n) is 1.97. The maximum absolute atomic E-state index is 11.3. The Bertz CT molecular complexity index is 258. The molecule has 2 N–H and O–H groups in total. The summed E-state index contributed by atoms with van der Waals surface area (Å²) < 4.78 is 4.79. The number of esters is 1. The van der Waals surface area contributed by atoms with Crippen LogP contribution in [0.2, 0.25) is 0 Å². The van der Waals surface area contributed by atoms with Crippen LogP contribution in [0.5, 0.6) is 0 Å². The van der Waals surface area contributed by atoms with Crippen molar-refractivity contribution in [1.82, 2.24) is 5.32 Å². The highest BCUT2D eigenvalue weighted by Crippen LogP contribution is 2.30. The fourth-order valence-corrected chi connectivity index (χ4v) is 2.23. The van der Waals surface area contributed by atoms with Crippen molar-refractivity contribution in [1.29, 1.82) is 0 Å². The van der Waals surface area contributed by atoms with Gasteiger partial charge in [0, 0.05) is 5.75 Å². The normalized spacial score (nSPS) is 31.4. The molecule has 2 unspecified atom stereocenters. The van der Waals surface area contributed by atoms with Gasteiger partial charge in [-0.2, -0.15) is 0 Å². The quantitative estimate of drug-likeness (QED) is 0.653. The summed E-state index contributed by atoms with van der Waals surface area (Å²) in [6.07, 6.45) is 0. The van der Waals surface area contributed by atoms with Crippen LogP contribution in [0.3, 0.4) is 0 Å². The lowest BCUT2D eigenvalue weighted by Crippen LogP contribution is -2.48. The summed E-state index contributed by atoms with van der Waals surface area (Å²) in [5.41, 5.74) is 0. The molecule has 6 heteroatoms. The molecule has 0 aliphatic carbocycles. The number of rotatable bonds is 3. The number of carbonyl (C=O) groups excluding carboxylic acids is 1. The van der Waals surface area contributed by atoms with E-state index in [2.05, 4.69) is 5.32 Å². The number of hydrogen-bond donors (Lipinski definition) is 2. The molecule has 1 rings (SSSR count). The van der Waals surface area contributed by atoms with Gasteiger partial charge < -0.3 is 9.84 Å². The highest BCUT2D eigenvalue weighted by atomic mass is 32.2. The van der Waals surface area contributed by atoms with Crippen molar-refractivity contribution in [2.45, 2.75) is 24.8 Å². The molecule has 1 saturated heterocycles. The molecule has 1 fully saturated rings. The zero-order valence-corrected chi connectivity index (χ0v) is 8.89. The van der Waals surface area contributed by atoms with Gasteiger partial charge >= 0.3 is 11.9 Å². The molecule has 5 nitrogen and oxygen atoms in total. The third-order valence-corrected chi connectivity index (χ3v) is 3.34. The minimum Gasteiger partial charge on any atom is -0.479 e. The largest absolute Gasteiger partial charge is 0.479 e. The Labute approximate surface area is 86.2 Å². The predicted molar refractivity (Wildman–Crippen MR) is 52.1 cm³/mol. The molecular weight excluding hydrogens is 206 g/mol. The molecule has 0 aromatic rings. The Morgan fingerprint density at radius 3 is 2.79 bits per heavy atom. The first kappa shape index (κ1) is 11.3. The van der Waals surface area contributed by atoms with E-state index in [-0.39, 0.29) is 5.97 Å². The van der Waals surface area contributed by atoms with Crippen molar-refractivity contribution >= 4 is 23.7 Å². The molecule has 0 saturated carbocycles. The summed E-state index contributed by atoms with van der Waals surface area (Å²) in [6, 6.07) is -0.513. The van der Waals surface area contributed by atoms with Crippen molar-refractivity contribution < 1.29 is 19.4 Å². The average Bonchev–Trinajstić information content (AvgIpc) is 2.50. The number of carbonyl (C=O) groups is 2. The molecule has 0 aromatic heterocycles. The smallest absolute Gasteiger partial charge is 0.334 e. The molecule has 1 aliphatic rings. The molecule has 1 heterocycles. The van der Waals surface area contributed by atoms with E-state index in [1.54, 1.807) is 13.8 Å². The van der Waals surface area contributed by atoms with Crippen molar-refractivity contribution in [3.63, 3.8) is 0 Å². The maximum atomic E-state index is 11.3. The second-order valence-corrected chi connectivity index (χ2v) is 4.54. The van der Waals surface area contributed by atoms with E-state index < -0.39 is 16.9 Å². The van der Waals surface area contributed by atoms with E-state index in [0.717, 1.165) is 0 Å². The van der Waals surface area contributed by atoms with Gasteiger partial charge in [-0.3, -0.25) is 10.1 Å². The summed E-state index contributed by atoms with van der Waals surface area (Å²) in [5.74, 6) is -0.916. The minimum atomic E-state index is -1.07. The van der Waals surface area contributed by atoms with Crippen molar-refractivity contribution in [2.24, 2.45) is 0 Å². The molecule has 1 aliphatic heterocycles. The van der Waals surface area contributed by atoms with E-state index in [1.807, 2.05) is 0 Å². The molecule has 14 heavy (non-hydrogen) atoms. The Hall–Kier alpha value is -0.750. The van der Waals surface area contributed by atoms with Gasteiger partial charge in [0.15, 0.2) is 4.87 Å². The van der Waals surface area contributed by atoms with Gasteiger partial charge in [-0.1, -0.05) is 0 Å². The van der Waals surface area contributed by atoms with E-state index in [4.69, 9.17) is 9.84 Å². The molecule has 0 spiro atoms. The first-order valence-corrected chi connectivity index (χ1v) is 5.30. The van der Waals surface area contributed by atoms with Crippen LogP contribution in [0.1, 0.15) is 13.8 Å². The molecule has 0 bridgehead atoms. The second-order valence-electron chi connectivity index (χ2n) is 3.10. The van der Waals surface area contributed by atoms with Crippen LogP contribution >= 0.6 is 11.8 Å². The van der Waals surface area contributed by atoms with Gasteiger partial charge in [0.1, 0.15) is 6.04 Å². The van der Waals surface area contributed by atoms with Crippen LogP contribution < -0.4 is 5.32 Å². The van der Waals surface area contributed by atoms with Crippen LogP contribution in [-0.2, 0) is 14.3 Å². The van der Waals surface area contributed by atoms with Crippen LogP contribution in [-0.4, -0.2) is 40.3 Å². The van der Waals surface area contributed by atoms with Crippen molar-refractivity contribution in [3.8, 4) is 0 Å². The molecule has 0 amide bonds. The van der Waals surface area contributed by atoms with Crippen LogP contribution in [0.15, 0.2) is 0 Å². The second kappa shape index (κ2) is 4.18. The Morgan fingerprint density at radius 1 is 1.71 bits per heavy atom. The lowest BCUT2D eigenvalue weighted by atomic mass is 10.2. The van der Waals surface area contributed by atoms with E-state index >= 15 is 0 Å². The highest BCUT2D eigenvalue weighted by Gasteiger charge is 2.44. The van der Waals surface area contributed by atoms with Gasteiger partial charge in [-0.15, -0.1) is 11.8 Å². The summed E-state index contributed by atoms with van der Waals surface area (Å²) >= 11 is 1.20. The zero-order chi connectivity index (χ0) is 10.8. The number of thioether (sulfide) groups is 1. The number of carboxylic acid groups (broad SMARTS) is 1. The van der Waals surface area contributed by atoms with Gasteiger partial charge in [-0.05, 0) is 13.8 Å². The molecule has 2 atom stereocenters. The maximum Gasteiger partial charge on any atom is 0.334 e. The lowest BCUT2D eigenvalue weighted by Gasteiger charge is -2.18. The number of hydrogen-bond acceptors (Lipinski definition) is 5. The van der Waals surface area contributed by atoms with E-state index in [1.165, 1.54) is 11.8 Å². The zero-order valence-electron chi connectivity index (χ0n) is 8.07. The standard InChI is InChI=1S/C8H13NO4S/c1-3-13-6(10)5-4-14-8(2,9-5)7(11)12/h5,9H,3-4H2,1-2H3,(H,11,12). The van der Waals surface area contributed by atoms with Gasteiger partial charge in [0.2, 0.25) is 0 Å². The molecule has 80 valence electrons. The predicted octanol–water partition coefficient (Wildman–Crippen LogP) is 0.0553. The van der Waals surface area contributed by atoms with E-state index in [9.17, 15) is 9.59 Å².